The average molecular weight is 276 g/mol. The molecule has 0 amide bonds. The number of benzene rings is 1. The minimum atomic E-state index is -4.54. The number of alkyl halides is 3. The molecule has 0 aromatic heterocycles. The van der Waals surface area contributed by atoms with E-state index in [0.717, 1.165) is 0 Å². The van der Waals surface area contributed by atoms with E-state index >= 15 is 0 Å². The fourth-order valence-corrected chi connectivity index (χ4v) is 1.74. The molecular weight excluding hydrogens is 261 g/mol. The lowest BCUT2D eigenvalue weighted by Gasteiger charge is -2.21. The molecule has 0 N–H and O–H groups in total. The largest absolute Gasteiger partial charge is 0.496 e. The third kappa shape index (κ3) is 4.15. The van der Waals surface area contributed by atoms with Crippen molar-refractivity contribution in [1.82, 2.24) is 0 Å². The summed E-state index contributed by atoms with van der Waals surface area (Å²) < 4.78 is 48.7. The van der Waals surface area contributed by atoms with E-state index < -0.39 is 24.5 Å². The Balaban J connectivity index is 3.07. The molecule has 0 spiro atoms. The van der Waals surface area contributed by atoms with E-state index in [2.05, 4.69) is 4.74 Å². The van der Waals surface area contributed by atoms with Crippen LogP contribution in [0.5, 0.6) is 5.75 Å². The maximum Gasteiger partial charge on any atom is 0.396 e. The number of carbonyl (C=O) groups excluding carboxylic acids is 1. The Morgan fingerprint density at radius 2 is 1.95 bits per heavy atom. The lowest BCUT2D eigenvalue weighted by atomic mass is 9.94. The van der Waals surface area contributed by atoms with E-state index in [1.807, 2.05) is 0 Å². The van der Waals surface area contributed by atoms with Crippen LogP contribution >= 0.6 is 0 Å². The highest BCUT2D eigenvalue weighted by Gasteiger charge is 2.43. The first-order valence-corrected chi connectivity index (χ1v) is 5.75. The number of carbonyl (C=O) groups is 1. The van der Waals surface area contributed by atoms with Crippen molar-refractivity contribution in [3.63, 3.8) is 0 Å². The van der Waals surface area contributed by atoms with Crippen LogP contribution in [-0.4, -0.2) is 25.9 Å². The Labute approximate surface area is 109 Å². The Kier molecular flexibility index (Phi) is 5.20. The zero-order valence-corrected chi connectivity index (χ0v) is 10.7. The van der Waals surface area contributed by atoms with Crippen molar-refractivity contribution in [3.8, 4) is 5.75 Å². The van der Waals surface area contributed by atoms with Crippen LogP contribution < -0.4 is 4.74 Å². The molecule has 0 aliphatic carbocycles. The lowest BCUT2D eigenvalue weighted by Crippen LogP contribution is -2.25. The van der Waals surface area contributed by atoms with Crippen LogP contribution in [0.25, 0.3) is 0 Å². The summed E-state index contributed by atoms with van der Waals surface area (Å²) in [6, 6.07) is 5.78. The van der Waals surface area contributed by atoms with Gasteiger partial charge in [-0.1, -0.05) is 18.2 Å². The van der Waals surface area contributed by atoms with Crippen LogP contribution in [0.1, 0.15) is 24.8 Å². The maximum atomic E-state index is 13.1. The molecule has 0 aliphatic heterocycles. The normalized spacial score (nSPS) is 12.9. The standard InChI is InChI=1S/C13H15F3O3/c1-3-19-12(17)8-10(13(14,15)16)9-6-4-5-7-11(9)18-2/h4-7,10H,3,8H2,1-2H3. The molecule has 0 fully saturated rings. The molecule has 0 saturated carbocycles. The molecular formula is C13H15F3O3. The molecule has 0 saturated heterocycles. The highest BCUT2D eigenvalue weighted by molar-refractivity contribution is 5.71. The Hall–Kier alpha value is -1.72. The predicted octanol–water partition coefficient (Wildman–Crippen LogP) is 3.29. The van der Waals surface area contributed by atoms with E-state index in [-0.39, 0.29) is 17.9 Å². The highest BCUT2D eigenvalue weighted by atomic mass is 19.4. The summed E-state index contributed by atoms with van der Waals surface area (Å²) in [5, 5.41) is 0. The van der Waals surface area contributed by atoms with Gasteiger partial charge in [-0.3, -0.25) is 4.79 Å². The molecule has 1 aromatic rings. The second-order valence-corrected chi connectivity index (χ2v) is 3.85. The Morgan fingerprint density at radius 3 is 2.47 bits per heavy atom. The van der Waals surface area contributed by atoms with Gasteiger partial charge in [0.2, 0.25) is 0 Å². The molecule has 1 atom stereocenters. The van der Waals surface area contributed by atoms with Gasteiger partial charge in [0, 0.05) is 5.56 Å². The third-order valence-electron chi connectivity index (χ3n) is 2.59. The van der Waals surface area contributed by atoms with Crippen LogP contribution in [0.2, 0.25) is 0 Å². The number of hydrogen-bond acceptors (Lipinski definition) is 3. The number of rotatable bonds is 5. The van der Waals surface area contributed by atoms with Crippen LogP contribution in [-0.2, 0) is 9.53 Å². The minimum absolute atomic E-state index is 0.0509. The first kappa shape index (κ1) is 15.3. The van der Waals surface area contributed by atoms with Crippen molar-refractivity contribution >= 4 is 5.97 Å². The zero-order valence-electron chi connectivity index (χ0n) is 10.7. The number of ether oxygens (including phenoxy) is 2. The summed E-state index contributed by atoms with van der Waals surface area (Å²) >= 11 is 0. The second kappa shape index (κ2) is 6.45. The van der Waals surface area contributed by atoms with Gasteiger partial charge in [-0.2, -0.15) is 13.2 Å². The summed E-state index contributed by atoms with van der Waals surface area (Å²) in [5.74, 6) is -2.70. The van der Waals surface area contributed by atoms with Crippen molar-refractivity contribution in [2.24, 2.45) is 0 Å². The topological polar surface area (TPSA) is 35.5 Å². The number of hydrogen-bond donors (Lipinski definition) is 0. The molecule has 19 heavy (non-hydrogen) atoms. The number of methoxy groups -OCH3 is 1. The van der Waals surface area contributed by atoms with Gasteiger partial charge in [0.25, 0.3) is 0 Å². The van der Waals surface area contributed by atoms with E-state index in [1.165, 1.54) is 25.3 Å². The van der Waals surface area contributed by atoms with E-state index in [4.69, 9.17) is 4.74 Å². The smallest absolute Gasteiger partial charge is 0.396 e. The second-order valence-electron chi connectivity index (χ2n) is 3.85. The average Bonchev–Trinajstić information content (AvgIpc) is 2.35. The van der Waals surface area contributed by atoms with Gasteiger partial charge in [-0.15, -0.1) is 0 Å². The Morgan fingerprint density at radius 1 is 1.32 bits per heavy atom. The molecule has 0 aliphatic rings. The van der Waals surface area contributed by atoms with Gasteiger partial charge in [-0.25, -0.2) is 0 Å². The molecule has 106 valence electrons. The molecule has 1 rings (SSSR count). The van der Waals surface area contributed by atoms with E-state index in [0.29, 0.717) is 0 Å². The van der Waals surface area contributed by atoms with Crippen molar-refractivity contribution in [1.29, 1.82) is 0 Å². The number of halogens is 3. The molecule has 6 heteroatoms. The third-order valence-corrected chi connectivity index (χ3v) is 2.59. The van der Waals surface area contributed by atoms with Crippen molar-refractivity contribution in [2.45, 2.75) is 25.4 Å². The highest BCUT2D eigenvalue weighted by Crippen LogP contribution is 2.41. The van der Waals surface area contributed by atoms with Crippen molar-refractivity contribution in [2.75, 3.05) is 13.7 Å². The lowest BCUT2D eigenvalue weighted by molar-refractivity contribution is -0.166. The molecule has 0 heterocycles. The fourth-order valence-electron chi connectivity index (χ4n) is 1.74. The summed E-state index contributed by atoms with van der Waals surface area (Å²) in [6.45, 7) is 1.60. The molecule has 1 unspecified atom stereocenters. The van der Waals surface area contributed by atoms with Gasteiger partial charge < -0.3 is 9.47 Å². The minimum Gasteiger partial charge on any atom is -0.496 e. The monoisotopic (exact) mass is 276 g/mol. The van der Waals surface area contributed by atoms with Gasteiger partial charge in [-0.05, 0) is 13.0 Å². The first-order chi connectivity index (χ1) is 8.90. The predicted molar refractivity (Wildman–Crippen MR) is 63.0 cm³/mol. The van der Waals surface area contributed by atoms with E-state index in [9.17, 15) is 18.0 Å². The quantitative estimate of drug-likeness (QED) is 0.774. The summed E-state index contributed by atoms with van der Waals surface area (Å²) in [6.07, 6.45) is -5.29. The van der Waals surface area contributed by atoms with Crippen molar-refractivity contribution < 1.29 is 27.4 Å². The summed E-state index contributed by atoms with van der Waals surface area (Å²) in [7, 11) is 1.29. The zero-order chi connectivity index (χ0) is 14.5. The van der Waals surface area contributed by atoms with E-state index in [1.54, 1.807) is 13.0 Å². The van der Waals surface area contributed by atoms with Crippen molar-refractivity contribution in [3.05, 3.63) is 29.8 Å². The Bertz CT molecular complexity index is 429. The number of para-hydroxylation sites is 1. The summed E-state index contributed by atoms with van der Waals surface area (Å²) in [5.41, 5.74) is -0.0643. The van der Waals surface area contributed by atoms with Gasteiger partial charge in [0.05, 0.1) is 26.1 Å². The fraction of sp³-hybridized carbons (Fsp3) is 0.462. The molecule has 1 aromatic carbocycles. The first-order valence-electron chi connectivity index (χ1n) is 5.75. The van der Waals surface area contributed by atoms with Gasteiger partial charge in [0.1, 0.15) is 5.75 Å². The maximum absolute atomic E-state index is 13.1. The van der Waals surface area contributed by atoms with Gasteiger partial charge in [0.15, 0.2) is 0 Å². The molecule has 0 radical (unpaired) electrons. The molecule has 3 nitrogen and oxygen atoms in total. The SMILES string of the molecule is CCOC(=O)CC(c1ccccc1OC)C(F)(F)F. The van der Waals surface area contributed by atoms with Crippen LogP contribution in [0.4, 0.5) is 13.2 Å². The van der Waals surface area contributed by atoms with Crippen LogP contribution in [0.3, 0.4) is 0 Å². The summed E-state index contributed by atoms with van der Waals surface area (Å²) in [4.78, 5) is 11.3. The number of esters is 1. The van der Waals surface area contributed by atoms with Crippen LogP contribution in [0.15, 0.2) is 24.3 Å². The van der Waals surface area contributed by atoms with Crippen LogP contribution in [0, 0.1) is 0 Å². The van der Waals surface area contributed by atoms with Gasteiger partial charge >= 0.3 is 12.1 Å². The molecule has 0 bridgehead atoms.